The molecule has 0 unspecified atom stereocenters. The molecule has 1 aromatic carbocycles. The summed E-state index contributed by atoms with van der Waals surface area (Å²) in [6, 6.07) is 7.51. The predicted molar refractivity (Wildman–Crippen MR) is 113 cm³/mol. The summed E-state index contributed by atoms with van der Waals surface area (Å²) in [7, 11) is 0. The maximum absolute atomic E-state index is 12.7. The molecule has 0 radical (unpaired) electrons. The maximum Gasteiger partial charge on any atom is 0.233 e. The lowest BCUT2D eigenvalue weighted by Gasteiger charge is -2.20. The van der Waals surface area contributed by atoms with Gasteiger partial charge in [-0.2, -0.15) is 0 Å². The van der Waals surface area contributed by atoms with Crippen molar-refractivity contribution in [2.24, 2.45) is 17.8 Å². The van der Waals surface area contributed by atoms with Crippen molar-refractivity contribution in [3.8, 4) is 0 Å². The predicted octanol–water partition coefficient (Wildman–Crippen LogP) is 3.11. The molecule has 0 spiro atoms. The van der Waals surface area contributed by atoms with Crippen LogP contribution in [-0.4, -0.2) is 39.1 Å². The number of hydrogen-bond acceptors (Lipinski definition) is 4. The topological polar surface area (TPSA) is 95.2 Å². The van der Waals surface area contributed by atoms with Crippen molar-refractivity contribution in [1.82, 2.24) is 20.2 Å². The Morgan fingerprint density at radius 1 is 1.17 bits per heavy atom. The van der Waals surface area contributed by atoms with E-state index >= 15 is 0 Å². The van der Waals surface area contributed by atoms with Crippen LogP contribution < -0.4 is 5.32 Å². The van der Waals surface area contributed by atoms with Crippen LogP contribution in [0, 0.1) is 17.8 Å². The number of fused-ring (bicyclic) bond motifs is 2. The van der Waals surface area contributed by atoms with E-state index in [1.54, 1.807) is 0 Å². The number of carbonyl (C=O) groups excluding carboxylic acids is 3. The number of amides is 3. The fraction of sp³-hybridized carbons (Fsp3) is 0.478. The van der Waals surface area contributed by atoms with Gasteiger partial charge in [0.2, 0.25) is 17.7 Å². The lowest BCUT2D eigenvalue weighted by Crippen LogP contribution is -2.37. The minimum Gasteiger partial charge on any atom is -0.346 e. The first kappa shape index (κ1) is 20.3. The van der Waals surface area contributed by atoms with E-state index in [-0.39, 0.29) is 48.6 Å². The van der Waals surface area contributed by atoms with E-state index in [1.165, 1.54) is 4.90 Å². The molecular weight excluding hydrogens is 380 g/mol. The summed E-state index contributed by atoms with van der Waals surface area (Å²) in [5, 5.41) is 3.05. The van der Waals surface area contributed by atoms with Gasteiger partial charge in [-0.25, -0.2) is 4.98 Å². The number of nitrogens with zero attached hydrogens (tertiary/aromatic N) is 2. The highest BCUT2D eigenvalue weighted by Crippen LogP contribution is 2.35. The Hall–Kier alpha value is -2.96. The van der Waals surface area contributed by atoms with Crippen molar-refractivity contribution in [3.05, 3.63) is 42.2 Å². The number of aromatic nitrogens is 2. The molecule has 7 nitrogen and oxygen atoms in total. The van der Waals surface area contributed by atoms with Crippen LogP contribution in [0.5, 0.6) is 0 Å². The molecule has 4 rings (SSSR count). The molecule has 30 heavy (non-hydrogen) atoms. The molecule has 7 heteroatoms. The molecule has 2 aliphatic rings. The van der Waals surface area contributed by atoms with Crippen LogP contribution in [0.2, 0.25) is 0 Å². The van der Waals surface area contributed by atoms with Crippen molar-refractivity contribution in [2.75, 3.05) is 6.54 Å². The highest BCUT2D eigenvalue weighted by molar-refractivity contribution is 6.05. The smallest absolute Gasteiger partial charge is 0.233 e. The second kappa shape index (κ2) is 8.42. The molecule has 2 heterocycles. The molecule has 0 saturated carbocycles. The Morgan fingerprint density at radius 2 is 1.83 bits per heavy atom. The molecular formula is C23H28N4O3. The fourth-order valence-electron chi connectivity index (χ4n) is 4.42. The molecule has 2 aromatic rings. The van der Waals surface area contributed by atoms with E-state index in [9.17, 15) is 14.4 Å². The molecule has 158 valence electrons. The SMILES string of the molecule is CC(C)C[C@H](NC(=O)CCN1C(=O)[C@H]2CC=CC[C@@H]2C1=O)c1nc2ccccc2[nH]1. The zero-order valence-electron chi connectivity index (χ0n) is 17.4. The molecule has 1 aliphatic heterocycles. The summed E-state index contributed by atoms with van der Waals surface area (Å²) >= 11 is 0. The second-order valence-electron chi connectivity index (χ2n) is 8.62. The van der Waals surface area contributed by atoms with Crippen molar-refractivity contribution in [1.29, 1.82) is 0 Å². The molecule has 3 atom stereocenters. The van der Waals surface area contributed by atoms with Gasteiger partial charge in [-0.05, 0) is 37.3 Å². The van der Waals surface area contributed by atoms with Crippen LogP contribution in [0.3, 0.4) is 0 Å². The van der Waals surface area contributed by atoms with Crippen LogP contribution in [0.15, 0.2) is 36.4 Å². The largest absolute Gasteiger partial charge is 0.346 e. The number of imide groups is 1. The first-order chi connectivity index (χ1) is 14.4. The lowest BCUT2D eigenvalue weighted by atomic mass is 9.85. The zero-order chi connectivity index (χ0) is 21.3. The van der Waals surface area contributed by atoms with Crippen molar-refractivity contribution in [3.63, 3.8) is 0 Å². The average Bonchev–Trinajstić information content (AvgIpc) is 3.26. The van der Waals surface area contributed by atoms with Gasteiger partial charge in [-0.3, -0.25) is 19.3 Å². The number of H-pyrrole nitrogens is 1. The molecule has 1 saturated heterocycles. The zero-order valence-corrected chi connectivity index (χ0v) is 17.4. The number of nitrogens with one attached hydrogen (secondary N) is 2. The van der Waals surface area contributed by atoms with Gasteiger partial charge in [0.15, 0.2) is 0 Å². The molecule has 1 aromatic heterocycles. The monoisotopic (exact) mass is 408 g/mol. The normalized spacial score (nSPS) is 22.0. The second-order valence-corrected chi connectivity index (χ2v) is 8.62. The number of aromatic amines is 1. The number of para-hydroxylation sites is 2. The molecule has 3 amide bonds. The van der Waals surface area contributed by atoms with Gasteiger partial charge in [0.05, 0.1) is 28.9 Å². The third kappa shape index (κ3) is 4.01. The van der Waals surface area contributed by atoms with E-state index in [1.807, 2.05) is 36.4 Å². The van der Waals surface area contributed by atoms with Gasteiger partial charge in [0.1, 0.15) is 5.82 Å². The van der Waals surface area contributed by atoms with Crippen molar-refractivity contribution >= 4 is 28.8 Å². The van der Waals surface area contributed by atoms with Gasteiger partial charge in [0.25, 0.3) is 0 Å². The summed E-state index contributed by atoms with van der Waals surface area (Å²) in [5.41, 5.74) is 1.79. The van der Waals surface area contributed by atoms with Gasteiger partial charge in [0, 0.05) is 13.0 Å². The van der Waals surface area contributed by atoms with Gasteiger partial charge in [-0.15, -0.1) is 0 Å². The fourth-order valence-corrected chi connectivity index (χ4v) is 4.42. The molecule has 2 N–H and O–H groups in total. The summed E-state index contributed by atoms with van der Waals surface area (Å²) in [6.45, 7) is 4.32. The number of carbonyl (C=O) groups is 3. The standard InChI is InChI=1S/C23H28N4O3/c1-14(2)13-19(21-25-17-9-5-6-10-18(17)26-21)24-20(28)11-12-27-22(29)15-7-3-4-8-16(15)23(27)30/h3-6,9-10,14-16,19H,7-8,11-13H2,1-2H3,(H,24,28)(H,25,26)/t15-,16-,19-/m0/s1. The minimum atomic E-state index is -0.255. The Bertz CT molecular complexity index is 934. The molecule has 0 bridgehead atoms. The Balaban J connectivity index is 1.40. The molecule has 1 aliphatic carbocycles. The summed E-state index contributed by atoms with van der Waals surface area (Å²) < 4.78 is 0. The van der Waals surface area contributed by atoms with E-state index in [0.29, 0.717) is 18.8 Å². The van der Waals surface area contributed by atoms with Gasteiger partial charge >= 0.3 is 0 Å². The number of benzene rings is 1. The van der Waals surface area contributed by atoms with Crippen LogP contribution >= 0.6 is 0 Å². The first-order valence-electron chi connectivity index (χ1n) is 10.7. The first-order valence-corrected chi connectivity index (χ1v) is 10.7. The van der Waals surface area contributed by atoms with Crippen LogP contribution in [0.1, 0.15) is 51.4 Å². The van der Waals surface area contributed by atoms with Crippen LogP contribution in [0.25, 0.3) is 11.0 Å². The summed E-state index contributed by atoms with van der Waals surface area (Å²) in [5.74, 6) is 0.111. The van der Waals surface area contributed by atoms with Crippen molar-refractivity contribution < 1.29 is 14.4 Å². The number of rotatable bonds is 7. The summed E-state index contributed by atoms with van der Waals surface area (Å²) in [4.78, 5) is 47.1. The third-order valence-electron chi connectivity index (χ3n) is 5.94. The van der Waals surface area contributed by atoms with Crippen LogP contribution in [0.4, 0.5) is 0 Å². The molecule has 1 fully saturated rings. The maximum atomic E-state index is 12.7. The highest BCUT2D eigenvalue weighted by Gasteiger charge is 2.46. The van der Waals surface area contributed by atoms with Crippen molar-refractivity contribution in [2.45, 2.75) is 45.6 Å². The van der Waals surface area contributed by atoms with E-state index < -0.39 is 0 Å². The minimum absolute atomic E-state index is 0.0964. The quantitative estimate of drug-likeness (QED) is 0.544. The third-order valence-corrected chi connectivity index (χ3v) is 5.94. The number of hydrogen-bond donors (Lipinski definition) is 2. The van der Waals surface area contributed by atoms with E-state index in [4.69, 9.17) is 0 Å². The van der Waals surface area contributed by atoms with Gasteiger partial charge in [-0.1, -0.05) is 38.1 Å². The summed E-state index contributed by atoms with van der Waals surface area (Å²) in [6.07, 6.45) is 5.99. The number of likely N-dealkylation sites (tertiary alicyclic amines) is 1. The Labute approximate surface area is 175 Å². The van der Waals surface area contributed by atoms with Crippen LogP contribution in [-0.2, 0) is 14.4 Å². The average molecular weight is 409 g/mol. The van der Waals surface area contributed by atoms with Gasteiger partial charge < -0.3 is 10.3 Å². The Kier molecular flexibility index (Phi) is 5.70. The van der Waals surface area contributed by atoms with E-state index in [0.717, 1.165) is 23.3 Å². The Morgan fingerprint density at radius 3 is 2.47 bits per heavy atom. The lowest BCUT2D eigenvalue weighted by molar-refractivity contribution is -0.140. The number of allylic oxidation sites excluding steroid dienone is 2. The highest BCUT2D eigenvalue weighted by atomic mass is 16.2. The van der Waals surface area contributed by atoms with E-state index in [2.05, 4.69) is 29.1 Å². The number of imidazole rings is 1.